The van der Waals surface area contributed by atoms with E-state index < -0.39 is 0 Å². The molecule has 0 amide bonds. The fourth-order valence-corrected chi connectivity index (χ4v) is 0.665. The zero-order chi connectivity index (χ0) is 8.20. The summed E-state index contributed by atoms with van der Waals surface area (Å²) in [6.45, 7) is 6.43. The number of terminal acetylenes is 1. The first kappa shape index (κ1) is 9.52. The maximum atomic E-state index is 5.83. The lowest BCUT2D eigenvalue weighted by Gasteiger charge is -2.28. The fraction of sp³-hybridized carbons (Fsp3) is 0.778. The summed E-state index contributed by atoms with van der Waals surface area (Å²) in [6, 6.07) is 0.141. The van der Waals surface area contributed by atoms with E-state index in [2.05, 4.69) is 26.7 Å². The first-order valence-corrected chi connectivity index (χ1v) is 3.73. The third-order valence-electron chi connectivity index (χ3n) is 2.25. The van der Waals surface area contributed by atoms with Gasteiger partial charge < -0.3 is 5.73 Å². The largest absolute Gasteiger partial charge is 0.326 e. The molecule has 0 radical (unpaired) electrons. The van der Waals surface area contributed by atoms with Crippen molar-refractivity contribution in [1.29, 1.82) is 0 Å². The van der Waals surface area contributed by atoms with Crippen LogP contribution in [0.2, 0.25) is 0 Å². The standard InChI is InChI=1S/C9H17N/c1-5-7-8(10)9(3,4)6-2/h1,8H,6-7,10H2,2-4H3. The Morgan fingerprint density at radius 2 is 2.10 bits per heavy atom. The molecule has 10 heavy (non-hydrogen) atoms. The lowest BCUT2D eigenvalue weighted by atomic mass is 9.81. The van der Waals surface area contributed by atoms with Crippen molar-refractivity contribution in [3.63, 3.8) is 0 Å². The molecule has 0 fully saturated rings. The van der Waals surface area contributed by atoms with Crippen LogP contribution < -0.4 is 5.73 Å². The molecule has 0 aliphatic rings. The fourth-order valence-electron chi connectivity index (χ4n) is 0.665. The Kier molecular flexibility index (Phi) is 3.46. The normalized spacial score (nSPS) is 14.3. The van der Waals surface area contributed by atoms with Crippen LogP contribution in [0, 0.1) is 17.8 Å². The van der Waals surface area contributed by atoms with Gasteiger partial charge in [-0.1, -0.05) is 20.8 Å². The number of hydrogen-bond acceptors (Lipinski definition) is 1. The molecule has 1 heteroatoms. The minimum atomic E-state index is 0.141. The molecule has 0 saturated carbocycles. The maximum Gasteiger partial charge on any atom is 0.0243 e. The molecular weight excluding hydrogens is 122 g/mol. The van der Waals surface area contributed by atoms with Crippen molar-refractivity contribution in [1.82, 2.24) is 0 Å². The van der Waals surface area contributed by atoms with Crippen molar-refractivity contribution in [2.24, 2.45) is 11.1 Å². The molecular formula is C9H17N. The Bertz CT molecular complexity index is 130. The van der Waals surface area contributed by atoms with E-state index in [9.17, 15) is 0 Å². The molecule has 1 unspecified atom stereocenters. The van der Waals surface area contributed by atoms with Crippen molar-refractivity contribution in [3.8, 4) is 12.3 Å². The van der Waals surface area contributed by atoms with Crippen LogP contribution in [-0.2, 0) is 0 Å². The lowest BCUT2D eigenvalue weighted by molar-refractivity contribution is 0.277. The smallest absolute Gasteiger partial charge is 0.0243 e. The van der Waals surface area contributed by atoms with Gasteiger partial charge in [-0.25, -0.2) is 0 Å². The summed E-state index contributed by atoms with van der Waals surface area (Å²) >= 11 is 0. The Hall–Kier alpha value is -0.480. The second-order valence-corrected chi connectivity index (χ2v) is 3.36. The molecule has 1 atom stereocenters. The summed E-state index contributed by atoms with van der Waals surface area (Å²) in [7, 11) is 0. The minimum absolute atomic E-state index is 0.141. The third kappa shape index (κ3) is 2.41. The monoisotopic (exact) mass is 139 g/mol. The van der Waals surface area contributed by atoms with Crippen LogP contribution in [0.25, 0.3) is 0 Å². The van der Waals surface area contributed by atoms with Crippen molar-refractivity contribution in [2.45, 2.75) is 39.7 Å². The molecule has 0 aliphatic heterocycles. The van der Waals surface area contributed by atoms with Gasteiger partial charge in [0.2, 0.25) is 0 Å². The second kappa shape index (κ2) is 3.63. The highest BCUT2D eigenvalue weighted by atomic mass is 14.7. The zero-order valence-corrected chi connectivity index (χ0v) is 7.15. The van der Waals surface area contributed by atoms with Gasteiger partial charge in [-0.3, -0.25) is 0 Å². The van der Waals surface area contributed by atoms with Crippen molar-refractivity contribution in [2.75, 3.05) is 0 Å². The number of nitrogens with two attached hydrogens (primary N) is 1. The number of rotatable bonds is 3. The first-order chi connectivity index (χ1) is 4.54. The molecule has 0 heterocycles. The molecule has 0 saturated heterocycles. The lowest BCUT2D eigenvalue weighted by Crippen LogP contribution is -2.36. The van der Waals surface area contributed by atoms with Crippen molar-refractivity contribution < 1.29 is 0 Å². The summed E-state index contributed by atoms with van der Waals surface area (Å²) in [4.78, 5) is 0. The van der Waals surface area contributed by atoms with Crippen LogP contribution in [-0.4, -0.2) is 6.04 Å². The summed E-state index contributed by atoms with van der Waals surface area (Å²) in [6.07, 6.45) is 6.91. The van der Waals surface area contributed by atoms with E-state index in [0.29, 0.717) is 6.42 Å². The molecule has 0 aromatic carbocycles. The first-order valence-electron chi connectivity index (χ1n) is 3.73. The van der Waals surface area contributed by atoms with Gasteiger partial charge in [0.1, 0.15) is 0 Å². The average Bonchev–Trinajstić information content (AvgIpc) is 1.89. The topological polar surface area (TPSA) is 26.0 Å². The highest BCUT2D eigenvalue weighted by Gasteiger charge is 2.22. The van der Waals surface area contributed by atoms with Gasteiger partial charge in [-0.05, 0) is 11.8 Å². The van der Waals surface area contributed by atoms with Crippen LogP contribution in [0.1, 0.15) is 33.6 Å². The number of hydrogen-bond donors (Lipinski definition) is 1. The van der Waals surface area contributed by atoms with E-state index >= 15 is 0 Å². The van der Waals surface area contributed by atoms with E-state index in [4.69, 9.17) is 12.2 Å². The van der Waals surface area contributed by atoms with E-state index in [-0.39, 0.29) is 11.5 Å². The van der Waals surface area contributed by atoms with Gasteiger partial charge in [0.05, 0.1) is 0 Å². The summed E-state index contributed by atoms with van der Waals surface area (Å²) < 4.78 is 0. The van der Waals surface area contributed by atoms with E-state index in [0.717, 1.165) is 6.42 Å². The van der Waals surface area contributed by atoms with Gasteiger partial charge >= 0.3 is 0 Å². The van der Waals surface area contributed by atoms with Gasteiger partial charge in [-0.2, -0.15) is 0 Å². The molecule has 0 rings (SSSR count). The SMILES string of the molecule is C#CCC(N)C(C)(C)CC. The quantitative estimate of drug-likeness (QED) is 0.592. The molecule has 0 bridgehead atoms. The zero-order valence-electron chi connectivity index (χ0n) is 7.15. The predicted molar refractivity (Wildman–Crippen MR) is 45.5 cm³/mol. The van der Waals surface area contributed by atoms with Gasteiger partial charge in [0.15, 0.2) is 0 Å². The Balaban J connectivity index is 3.93. The van der Waals surface area contributed by atoms with Crippen LogP contribution in [0.4, 0.5) is 0 Å². The Morgan fingerprint density at radius 1 is 1.60 bits per heavy atom. The van der Waals surface area contributed by atoms with Crippen molar-refractivity contribution >= 4 is 0 Å². The van der Waals surface area contributed by atoms with Crippen LogP contribution in [0.3, 0.4) is 0 Å². The van der Waals surface area contributed by atoms with Gasteiger partial charge in [0.25, 0.3) is 0 Å². The van der Waals surface area contributed by atoms with E-state index in [1.165, 1.54) is 0 Å². The van der Waals surface area contributed by atoms with Crippen LogP contribution >= 0.6 is 0 Å². The highest BCUT2D eigenvalue weighted by Crippen LogP contribution is 2.24. The molecule has 2 N–H and O–H groups in total. The molecule has 1 nitrogen and oxygen atoms in total. The van der Waals surface area contributed by atoms with E-state index in [1.807, 2.05) is 0 Å². The summed E-state index contributed by atoms with van der Waals surface area (Å²) in [5.74, 6) is 2.58. The molecule has 0 aromatic rings. The molecule has 0 aliphatic carbocycles. The Morgan fingerprint density at radius 3 is 2.40 bits per heavy atom. The minimum Gasteiger partial charge on any atom is -0.326 e. The third-order valence-corrected chi connectivity index (χ3v) is 2.25. The summed E-state index contributed by atoms with van der Waals surface area (Å²) in [5.41, 5.74) is 6.02. The molecule has 0 aromatic heterocycles. The Labute approximate surface area is 64.0 Å². The van der Waals surface area contributed by atoms with Crippen molar-refractivity contribution in [3.05, 3.63) is 0 Å². The van der Waals surface area contributed by atoms with Gasteiger partial charge in [0, 0.05) is 12.5 Å². The van der Waals surface area contributed by atoms with Crippen LogP contribution in [0.15, 0.2) is 0 Å². The average molecular weight is 139 g/mol. The maximum absolute atomic E-state index is 5.83. The highest BCUT2D eigenvalue weighted by molar-refractivity contribution is 4.93. The van der Waals surface area contributed by atoms with Crippen LogP contribution in [0.5, 0.6) is 0 Å². The molecule has 58 valence electrons. The van der Waals surface area contributed by atoms with Gasteiger partial charge in [-0.15, -0.1) is 12.3 Å². The predicted octanol–water partition coefficient (Wildman–Crippen LogP) is 1.77. The second-order valence-electron chi connectivity index (χ2n) is 3.36. The van der Waals surface area contributed by atoms with E-state index in [1.54, 1.807) is 0 Å². The molecule has 0 spiro atoms. The summed E-state index contributed by atoms with van der Waals surface area (Å²) in [5, 5.41) is 0.